The Morgan fingerprint density at radius 1 is 1.62 bits per heavy atom. The first kappa shape index (κ1) is 10.3. The molecule has 0 atom stereocenters. The van der Waals surface area contributed by atoms with Gasteiger partial charge in [0.15, 0.2) is 0 Å². The molecule has 13 heavy (non-hydrogen) atoms. The molecular weight excluding hydrogens is 184 g/mol. The Balaban J connectivity index is 2.18. The molecule has 0 aliphatic carbocycles. The average molecular weight is 198 g/mol. The molecule has 0 N–H and O–H groups in total. The molecule has 0 fully saturated rings. The molecule has 0 aromatic carbocycles. The summed E-state index contributed by atoms with van der Waals surface area (Å²) in [6.07, 6.45) is 0.821. The smallest absolute Gasteiger partial charge is 0.308 e. The summed E-state index contributed by atoms with van der Waals surface area (Å²) in [7, 11) is 0. The van der Waals surface area contributed by atoms with E-state index in [1.54, 1.807) is 11.3 Å². The molecule has 1 aromatic rings. The number of hydrogen-bond acceptors (Lipinski definition) is 3. The number of rotatable bonds is 4. The summed E-state index contributed by atoms with van der Waals surface area (Å²) in [5.74, 6) is -0.141. The van der Waals surface area contributed by atoms with Crippen molar-refractivity contribution in [3.63, 3.8) is 0 Å². The fraction of sp³-hybridized carbons (Fsp3) is 0.500. The van der Waals surface area contributed by atoms with Crippen LogP contribution in [-0.2, 0) is 16.0 Å². The fourth-order valence-electron chi connectivity index (χ4n) is 0.871. The van der Waals surface area contributed by atoms with Crippen LogP contribution in [0, 0.1) is 5.92 Å². The zero-order chi connectivity index (χ0) is 9.68. The SMILES string of the molecule is CC(C)C(=O)OCCc1ccsc1. The molecule has 0 amide bonds. The predicted molar refractivity (Wildman–Crippen MR) is 53.8 cm³/mol. The van der Waals surface area contributed by atoms with E-state index in [1.807, 2.05) is 25.3 Å². The van der Waals surface area contributed by atoms with Crippen LogP contribution in [0.5, 0.6) is 0 Å². The molecule has 72 valence electrons. The standard InChI is InChI=1S/C10H14O2S/c1-8(2)10(11)12-5-3-9-4-6-13-7-9/h4,6-8H,3,5H2,1-2H3. The Hall–Kier alpha value is -0.830. The van der Waals surface area contributed by atoms with E-state index in [9.17, 15) is 4.79 Å². The number of hydrogen-bond donors (Lipinski definition) is 0. The van der Waals surface area contributed by atoms with Gasteiger partial charge in [-0.25, -0.2) is 0 Å². The Kier molecular flexibility index (Phi) is 3.96. The molecule has 0 spiro atoms. The van der Waals surface area contributed by atoms with Crippen LogP contribution in [0.25, 0.3) is 0 Å². The van der Waals surface area contributed by atoms with Crippen molar-refractivity contribution in [3.05, 3.63) is 22.4 Å². The van der Waals surface area contributed by atoms with E-state index in [4.69, 9.17) is 4.74 Å². The van der Waals surface area contributed by atoms with Gasteiger partial charge in [-0.1, -0.05) is 13.8 Å². The molecule has 2 nitrogen and oxygen atoms in total. The van der Waals surface area contributed by atoms with Crippen molar-refractivity contribution in [1.29, 1.82) is 0 Å². The van der Waals surface area contributed by atoms with Crippen LogP contribution in [0.2, 0.25) is 0 Å². The van der Waals surface area contributed by atoms with Crippen molar-refractivity contribution in [3.8, 4) is 0 Å². The molecule has 0 saturated heterocycles. The lowest BCUT2D eigenvalue weighted by Crippen LogP contribution is -2.13. The van der Waals surface area contributed by atoms with Gasteiger partial charge in [0.05, 0.1) is 12.5 Å². The molecule has 0 aliphatic rings. The lowest BCUT2D eigenvalue weighted by molar-refractivity contribution is -0.147. The minimum absolute atomic E-state index is 0.0255. The zero-order valence-corrected chi connectivity index (χ0v) is 8.76. The Morgan fingerprint density at radius 2 is 2.38 bits per heavy atom. The maximum absolute atomic E-state index is 11.1. The molecule has 0 unspecified atom stereocenters. The molecule has 1 rings (SSSR count). The lowest BCUT2D eigenvalue weighted by Gasteiger charge is -2.05. The van der Waals surface area contributed by atoms with Crippen LogP contribution in [0.3, 0.4) is 0 Å². The Bertz CT molecular complexity index is 252. The highest BCUT2D eigenvalue weighted by Gasteiger charge is 2.07. The van der Waals surface area contributed by atoms with Gasteiger partial charge >= 0.3 is 5.97 Å². The number of carbonyl (C=O) groups excluding carboxylic acids is 1. The van der Waals surface area contributed by atoms with Crippen molar-refractivity contribution >= 4 is 17.3 Å². The summed E-state index contributed by atoms with van der Waals surface area (Å²) in [6.45, 7) is 4.17. The molecular formula is C10H14O2S. The van der Waals surface area contributed by atoms with E-state index in [2.05, 4.69) is 5.38 Å². The van der Waals surface area contributed by atoms with Crippen molar-refractivity contribution in [2.24, 2.45) is 5.92 Å². The van der Waals surface area contributed by atoms with Gasteiger partial charge in [-0.2, -0.15) is 11.3 Å². The second-order valence-corrected chi connectivity index (χ2v) is 3.98. The summed E-state index contributed by atoms with van der Waals surface area (Å²) < 4.78 is 5.04. The number of ether oxygens (including phenoxy) is 1. The summed E-state index contributed by atoms with van der Waals surface area (Å²) >= 11 is 1.66. The van der Waals surface area contributed by atoms with Gasteiger partial charge in [-0.05, 0) is 22.4 Å². The van der Waals surface area contributed by atoms with Gasteiger partial charge in [0, 0.05) is 6.42 Å². The first-order chi connectivity index (χ1) is 6.20. The Labute approximate surface area is 82.5 Å². The molecule has 0 aliphatic heterocycles. The second-order valence-electron chi connectivity index (χ2n) is 3.20. The minimum Gasteiger partial charge on any atom is -0.465 e. The van der Waals surface area contributed by atoms with E-state index >= 15 is 0 Å². The first-order valence-electron chi connectivity index (χ1n) is 4.38. The van der Waals surface area contributed by atoms with Crippen molar-refractivity contribution in [2.75, 3.05) is 6.61 Å². The van der Waals surface area contributed by atoms with E-state index in [-0.39, 0.29) is 11.9 Å². The maximum Gasteiger partial charge on any atom is 0.308 e. The predicted octanol–water partition coefficient (Wildman–Crippen LogP) is 2.49. The van der Waals surface area contributed by atoms with Gasteiger partial charge in [-0.3, -0.25) is 4.79 Å². The van der Waals surface area contributed by atoms with Crippen molar-refractivity contribution in [2.45, 2.75) is 20.3 Å². The maximum atomic E-state index is 11.1. The topological polar surface area (TPSA) is 26.3 Å². The summed E-state index contributed by atoms with van der Waals surface area (Å²) in [4.78, 5) is 11.1. The molecule has 0 bridgehead atoms. The largest absolute Gasteiger partial charge is 0.465 e. The molecule has 3 heteroatoms. The van der Waals surface area contributed by atoms with Crippen molar-refractivity contribution < 1.29 is 9.53 Å². The minimum atomic E-state index is -0.116. The fourth-order valence-corrected chi connectivity index (χ4v) is 1.57. The van der Waals surface area contributed by atoms with Crippen LogP contribution in [0.4, 0.5) is 0 Å². The van der Waals surface area contributed by atoms with E-state index < -0.39 is 0 Å². The quantitative estimate of drug-likeness (QED) is 0.695. The number of esters is 1. The van der Waals surface area contributed by atoms with Gasteiger partial charge in [0.25, 0.3) is 0 Å². The third kappa shape index (κ3) is 3.59. The van der Waals surface area contributed by atoms with Crippen LogP contribution in [0.1, 0.15) is 19.4 Å². The van der Waals surface area contributed by atoms with Gasteiger partial charge in [0.1, 0.15) is 0 Å². The van der Waals surface area contributed by atoms with E-state index in [0.29, 0.717) is 6.61 Å². The lowest BCUT2D eigenvalue weighted by atomic mass is 10.2. The highest BCUT2D eigenvalue weighted by Crippen LogP contribution is 2.07. The second kappa shape index (κ2) is 5.02. The summed E-state index contributed by atoms with van der Waals surface area (Å²) in [5, 5.41) is 4.10. The van der Waals surface area contributed by atoms with Gasteiger partial charge < -0.3 is 4.74 Å². The third-order valence-electron chi connectivity index (χ3n) is 1.69. The van der Waals surface area contributed by atoms with Gasteiger partial charge in [-0.15, -0.1) is 0 Å². The average Bonchev–Trinajstić information content (AvgIpc) is 2.56. The van der Waals surface area contributed by atoms with Crippen LogP contribution >= 0.6 is 11.3 Å². The van der Waals surface area contributed by atoms with E-state index in [1.165, 1.54) is 5.56 Å². The monoisotopic (exact) mass is 198 g/mol. The van der Waals surface area contributed by atoms with Crippen LogP contribution in [-0.4, -0.2) is 12.6 Å². The van der Waals surface area contributed by atoms with Crippen LogP contribution in [0.15, 0.2) is 16.8 Å². The highest BCUT2D eigenvalue weighted by atomic mass is 32.1. The van der Waals surface area contributed by atoms with Crippen molar-refractivity contribution in [1.82, 2.24) is 0 Å². The highest BCUT2D eigenvalue weighted by molar-refractivity contribution is 7.07. The summed E-state index contributed by atoms with van der Waals surface area (Å²) in [6, 6.07) is 2.05. The summed E-state index contributed by atoms with van der Waals surface area (Å²) in [5.41, 5.74) is 1.24. The van der Waals surface area contributed by atoms with Crippen LogP contribution < -0.4 is 0 Å². The third-order valence-corrected chi connectivity index (χ3v) is 2.42. The Morgan fingerprint density at radius 3 is 2.92 bits per heavy atom. The molecule has 1 aromatic heterocycles. The molecule has 0 radical (unpaired) electrons. The number of carbonyl (C=O) groups is 1. The molecule has 1 heterocycles. The van der Waals surface area contributed by atoms with Gasteiger partial charge in [0.2, 0.25) is 0 Å². The van der Waals surface area contributed by atoms with E-state index in [0.717, 1.165) is 6.42 Å². The molecule has 0 saturated carbocycles. The normalized spacial score (nSPS) is 10.4. The first-order valence-corrected chi connectivity index (χ1v) is 5.32. The zero-order valence-electron chi connectivity index (χ0n) is 7.95. The number of thiophene rings is 1.